The van der Waals surface area contributed by atoms with E-state index in [2.05, 4.69) is 19.8 Å². The summed E-state index contributed by atoms with van der Waals surface area (Å²) in [5.74, 6) is 2.35. The number of aryl methyl sites for hydroxylation is 1. The quantitative estimate of drug-likeness (QED) is 0.750. The maximum atomic E-state index is 12.8. The zero-order valence-corrected chi connectivity index (χ0v) is 17.9. The molecule has 0 bridgehead atoms. The van der Waals surface area contributed by atoms with Gasteiger partial charge in [0, 0.05) is 63.3 Å². The molecule has 0 aromatic carbocycles. The molecule has 160 valence electrons. The number of carbonyl (C=O) groups is 1. The predicted octanol–water partition coefficient (Wildman–Crippen LogP) is 2.53. The molecule has 2 aliphatic heterocycles. The highest BCUT2D eigenvalue weighted by Crippen LogP contribution is 2.22. The van der Waals surface area contributed by atoms with E-state index in [9.17, 15) is 4.79 Å². The van der Waals surface area contributed by atoms with Gasteiger partial charge in [0.25, 0.3) is 5.91 Å². The van der Waals surface area contributed by atoms with Crippen LogP contribution in [-0.4, -0.2) is 71.6 Å². The molecule has 2 aliphatic rings. The fraction of sp³-hybridized carbons (Fsp3) is 0.545. The number of piperidine rings is 1. The molecule has 2 aromatic heterocycles. The summed E-state index contributed by atoms with van der Waals surface area (Å²) in [5, 5.41) is 0. The van der Waals surface area contributed by atoms with E-state index >= 15 is 0 Å². The van der Waals surface area contributed by atoms with Gasteiger partial charge in [-0.3, -0.25) is 4.79 Å². The van der Waals surface area contributed by atoms with E-state index in [4.69, 9.17) is 9.72 Å². The number of hydrogen-bond acceptors (Lipinski definition) is 7. The molecule has 0 saturated carbocycles. The van der Waals surface area contributed by atoms with Crippen LogP contribution in [-0.2, 0) is 0 Å². The lowest BCUT2D eigenvalue weighted by Gasteiger charge is -2.36. The van der Waals surface area contributed by atoms with Crippen LogP contribution in [0.4, 0.5) is 11.8 Å². The van der Waals surface area contributed by atoms with Crippen LogP contribution in [0, 0.1) is 6.92 Å². The number of anilines is 2. The first-order valence-electron chi connectivity index (χ1n) is 10.9. The molecule has 4 rings (SSSR count). The van der Waals surface area contributed by atoms with Gasteiger partial charge < -0.3 is 19.4 Å². The second kappa shape index (κ2) is 9.28. The Hall–Kier alpha value is -2.90. The highest BCUT2D eigenvalue weighted by molar-refractivity contribution is 5.94. The van der Waals surface area contributed by atoms with Crippen molar-refractivity contribution in [2.45, 2.75) is 33.1 Å². The number of ether oxygens (including phenoxy) is 1. The lowest BCUT2D eigenvalue weighted by Crippen LogP contribution is -2.49. The summed E-state index contributed by atoms with van der Waals surface area (Å²) in [6.07, 6.45) is 5.29. The second-order valence-electron chi connectivity index (χ2n) is 7.81. The maximum Gasteiger partial charge on any atom is 0.255 e. The smallest absolute Gasteiger partial charge is 0.255 e. The molecule has 0 radical (unpaired) electrons. The van der Waals surface area contributed by atoms with Crippen LogP contribution in [0.3, 0.4) is 0 Å². The van der Waals surface area contributed by atoms with Gasteiger partial charge in [-0.25, -0.2) is 9.97 Å². The van der Waals surface area contributed by atoms with Gasteiger partial charge in [-0.1, -0.05) is 0 Å². The zero-order valence-electron chi connectivity index (χ0n) is 17.9. The van der Waals surface area contributed by atoms with E-state index in [0.717, 1.165) is 43.6 Å². The minimum atomic E-state index is 0.0121. The molecular weight excluding hydrogens is 380 g/mol. The maximum absolute atomic E-state index is 12.8. The number of pyridine rings is 1. The number of piperazine rings is 1. The van der Waals surface area contributed by atoms with E-state index in [1.165, 1.54) is 19.3 Å². The van der Waals surface area contributed by atoms with Crippen LogP contribution in [0.25, 0.3) is 0 Å². The predicted molar refractivity (Wildman–Crippen MR) is 116 cm³/mol. The topological polar surface area (TPSA) is 74.7 Å². The SMILES string of the molecule is CCOc1ccc(C(=O)N2CCN(c3cc(C)nc(N4CCCCC4)n3)CC2)cn1. The lowest BCUT2D eigenvalue weighted by atomic mass is 10.1. The minimum absolute atomic E-state index is 0.0121. The molecule has 0 atom stereocenters. The van der Waals surface area contributed by atoms with Crippen molar-refractivity contribution in [3.63, 3.8) is 0 Å². The van der Waals surface area contributed by atoms with Crippen molar-refractivity contribution in [3.05, 3.63) is 35.7 Å². The monoisotopic (exact) mass is 410 g/mol. The molecule has 30 heavy (non-hydrogen) atoms. The summed E-state index contributed by atoms with van der Waals surface area (Å²) < 4.78 is 5.35. The average Bonchev–Trinajstić information content (AvgIpc) is 2.80. The Morgan fingerprint density at radius 2 is 1.77 bits per heavy atom. The first-order valence-corrected chi connectivity index (χ1v) is 10.9. The van der Waals surface area contributed by atoms with Crippen LogP contribution < -0.4 is 14.5 Å². The molecule has 2 saturated heterocycles. The summed E-state index contributed by atoms with van der Waals surface area (Å²) in [7, 11) is 0. The number of carbonyl (C=O) groups excluding carboxylic acids is 1. The standard InChI is InChI=1S/C22H30N6O2/c1-3-30-20-8-7-18(16-23-20)21(29)27-13-11-26(12-14-27)19-15-17(2)24-22(25-19)28-9-5-4-6-10-28/h7-8,15-16H,3-6,9-14H2,1-2H3. The van der Waals surface area contributed by atoms with Crippen LogP contribution in [0.15, 0.2) is 24.4 Å². The summed E-state index contributed by atoms with van der Waals surface area (Å²) >= 11 is 0. The fourth-order valence-corrected chi connectivity index (χ4v) is 4.00. The molecule has 0 N–H and O–H groups in total. The summed E-state index contributed by atoms with van der Waals surface area (Å²) in [6, 6.07) is 5.57. The highest BCUT2D eigenvalue weighted by atomic mass is 16.5. The molecule has 8 heteroatoms. The molecular formula is C22H30N6O2. The Morgan fingerprint density at radius 3 is 2.43 bits per heavy atom. The third-order valence-electron chi connectivity index (χ3n) is 5.63. The number of aromatic nitrogens is 3. The summed E-state index contributed by atoms with van der Waals surface area (Å²) in [6.45, 7) is 9.39. The molecule has 0 spiro atoms. The lowest BCUT2D eigenvalue weighted by molar-refractivity contribution is 0.0746. The third kappa shape index (κ3) is 4.63. The first kappa shape index (κ1) is 20.4. The number of amides is 1. The van der Waals surface area contributed by atoms with Crippen molar-refractivity contribution < 1.29 is 9.53 Å². The molecule has 4 heterocycles. The molecule has 2 fully saturated rings. The van der Waals surface area contributed by atoms with Gasteiger partial charge in [0.2, 0.25) is 11.8 Å². The van der Waals surface area contributed by atoms with E-state index in [1.807, 2.05) is 24.8 Å². The van der Waals surface area contributed by atoms with Crippen molar-refractivity contribution in [2.75, 3.05) is 55.7 Å². The number of hydrogen-bond donors (Lipinski definition) is 0. The average molecular weight is 411 g/mol. The Balaban J connectivity index is 1.39. The molecule has 1 amide bonds. The van der Waals surface area contributed by atoms with E-state index in [1.54, 1.807) is 18.3 Å². The first-order chi connectivity index (χ1) is 14.6. The summed E-state index contributed by atoms with van der Waals surface area (Å²) in [5.41, 5.74) is 1.58. The van der Waals surface area contributed by atoms with Gasteiger partial charge in [-0.05, 0) is 39.2 Å². The van der Waals surface area contributed by atoms with Crippen molar-refractivity contribution in [3.8, 4) is 5.88 Å². The number of rotatable bonds is 5. The molecule has 0 aliphatic carbocycles. The van der Waals surface area contributed by atoms with Crippen molar-refractivity contribution in [2.24, 2.45) is 0 Å². The number of nitrogens with zero attached hydrogens (tertiary/aromatic N) is 6. The highest BCUT2D eigenvalue weighted by Gasteiger charge is 2.24. The second-order valence-corrected chi connectivity index (χ2v) is 7.81. The van der Waals surface area contributed by atoms with Crippen LogP contribution in [0.5, 0.6) is 5.88 Å². The van der Waals surface area contributed by atoms with E-state index < -0.39 is 0 Å². The van der Waals surface area contributed by atoms with Gasteiger partial charge in [-0.2, -0.15) is 4.98 Å². The minimum Gasteiger partial charge on any atom is -0.478 e. The molecule has 8 nitrogen and oxygen atoms in total. The van der Waals surface area contributed by atoms with Gasteiger partial charge in [-0.15, -0.1) is 0 Å². The largest absolute Gasteiger partial charge is 0.478 e. The Bertz CT molecular complexity index is 858. The van der Waals surface area contributed by atoms with Gasteiger partial charge in [0.1, 0.15) is 5.82 Å². The Morgan fingerprint density at radius 1 is 1.00 bits per heavy atom. The van der Waals surface area contributed by atoms with Crippen LogP contribution in [0.2, 0.25) is 0 Å². The van der Waals surface area contributed by atoms with Gasteiger partial charge >= 0.3 is 0 Å². The third-order valence-corrected chi connectivity index (χ3v) is 5.63. The van der Waals surface area contributed by atoms with Gasteiger partial charge in [0.05, 0.1) is 12.2 Å². The van der Waals surface area contributed by atoms with Crippen molar-refractivity contribution in [1.82, 2.24) is 19.9 Å². The normalized spacial score (nSPS) is 17.2. The molecule has 2 aromatic rings. The van der Waals surface area contributed by atoms with E-state index in [-0.39, 0.29) is 5.91 Å². The van der Waals surface area contributed by atoms with Crippen molar-refractivity contribution >= 4 is 17.7 Å². The Labute approximate surface area is 177 Å². The molecule has 0 unspecified atom stereocenters. The van der Waals surface area contributed by atoms with Crippen LogP contribution >= 0.6 is 0 Å². The summed E-state index contributed by atoms with van der Waals surface area (Å²) in [4.78, 5) is 33.0. The van der Waals surface area contributed by atoms with Crippen LogP contribution in [0.1, 0.15) is 42.2 Å². The Kier molecular flexibility index (Phi) is 6.30. The van der Waals surface area contributed by atoms with Gasteiger partial charge in [0.15, 0.2) is 0 Å². The van der Waals surface area contributed by atoms with Crippen molar-refractivity contribution in [1.29, 1.82) is 0 Å². The zero-order chi connectivity index (χ0) is 20.9. The fourth-order valence-electron chi connectivity index (χ4n) is 4.00. The van der Waals surface area contributed by atoms with E-state index in [0.29, 0.717) is 31.1 Å².